The molecule has 0 spiro atoms. The van der Waals surface area contributed by atoms with Crippen LogP contribution in [0.5, 0.6) is 6.08 Å². The number of hydrogen-bond donors (Lipinski definition) is 1. The number of ether oxygens (including phenoxy) is 1. The van der Waals surface area contributed by atoms with E-state index >= 15 is 0 Å². The van der Waals surface area contributed by atoms with Crippen LogP contribution in [-0.2, 0) is 9.59 Å². The smallest absolute Gasteiger partial charge is 0.402 e. The number of carbonyl (C=O) groups is 2. The summed E-state index contributed by atoms with van der Waals surface area (Å²) < 4.78 is 10.1. The van der Waals surface area contributed by atoms with Crippen molar-refractivity contribution < 1.29 is 18.7 Å². The predicted octanol–water partition coefficient (Wildman–Crippen LogP) is 2.04. The number of fused-ring (bicyclic) bond motifs is 1. The van der Waals surface area contributed by atoms with Crippen molar-refractivity contribution in [1.29, 1.82) is 0 Å². The Morgan fingerprint density at radius 2 is 2.15 bits per heavy atom. The van der Waals surface area contributed by atoms with E-state index in [1.54, 1.807) is 24.3 Å². The molecule has 1 amide bonds. The van der Waals surface area contributed by atoms with Crippen molar-refractivity contribution >= 4 is 23.0 Å². The summed E-state index contributed by atoms with van der Waals surface area (Å²) in [5.41, 5.74) is 1.12. The minimum Gasteiger partial charge on any atom is -0.409 e. The van der Waals surface area contributed by atoms with Gasteiger partial charge in [0.05, 0.1) is 0 Å². The number of amides is 1. The van der Waals surface area contributed by atoms with Crippen molar-refractivity contribution in [2.45, 2.75) is 32.7 Å². The second-order valence-corrected chi connectivity index (χ2v) is 4.48. The van der Waals surface area contributed by atoms with Crippen molar-refractivity contribution in [3.05, 3.63) is 24.3 Å². The van der Waals surface area contributed by atoms with E-state index in [1.807, 2.05) is 13.8 Å². The lowest BCUT2D eigenvalue weighted by Gasteiger charge is -2.10. The maximum Gasteiger partial charge on any atom is 0.402 e. The number of carbonyl (C=O) groups excluding carboxylic acids is 2. The summed E-state index contributed by atoms with van der Waals surface area (Å²) in [6, 6.07) is 7.08. The summed E-state index contributed by atoms with van der Waals surface area (Å²) in [5.74, 6) is -1.07. The first-order valence-corrected chi connectivity index (χ1v) is 6.44. The Morgan fingerprint density at radius 3 is 2.85 bits per heavy atom. The Balaban J connectivity index is 1.92. The van der Waals surface area contributed by atoms with Crippen LogP contribution in [0.3, 0.4) is 0 Å². The lowest BCUT2D eigenvalue weighted by Crippen LogP contribution is -2.34. The molecule has 1 unspecified atom stereocenters. The molecular weight excluding hydrogens is 260 g/mol. The molecule has 106 valence electrons. The highest BCUT2D eigenvalue weighted by Gasteiger charge is 2.16. The summed E-state index contributed by atoms with van der Waals surface area (Å²) in [4.78, 5) is 27.1. The highest BCUT2D eigenvalue weighted by atomic mass is 16.6. The van der Waals surface area contributed by atoms with E-state index in [2.05, 4.69) is 10.3 Å². The minimum absolute atomic E-state index is 0.0274. The molecule has 0 radical (unpaired) electrons. The molecule has 1 aromatic carbocycles. The monoisotopic (exact) mass is 276 g/mol. The molecule has 0 bridgehead atoms. The number of hydrogen-bond acceptors (Lipinski definition) is 5. The number of benzene rings is 1. The van der Waals surface area contributed by atoms with Gasteiger partial charge in [-0.1, -0.05) is 19.1 Å². The minimum atomic E-state index is -0.697. The molecule has 1 atom stereocenters. The molecule has 6 heteroatoms. The van der Waals surface area contributed by atoms with Crippen LogP contribution >= 0.6 is 0 Å². The number of aromatic nitrogens is 1. The van der Waals surface area contributed by atoms with Crippen LogP contribution in [0.25, 0.3) is 11.1 Å². The molecule has 0 aliphatic rings. The number of esters is 1. The number of para-hydroxylation sites is 2. The van der Waals surface area contributed by atoms with Gasteiger partial charge in [-0.3, -0.25) is 9.59 Å². The zero-order chi connectivity index (χ0) is 14.5. The molecule has 0 saturated heterocycles. The number of rotatable bonds is 5. The highest BCUT2D eigenvalue weighted by Crippen LogP contribution is 2.19. The third kappa shape index (κ3) is 3.57. The molecule has 1 N–H and O–H groups in total. The third-order valence-electron chi connectivity index (χ3n) is 2.80. The molecule has 1 aromatic heterocycles. The van der Waals surface area contributed by atoms with E-state index < -0.39 is 5.97 Å². The Bertz CT molecular complexity index is 587. The molecule has 0 saturated carbocycles. The Labute approximate surface area is 116 Å². The summed E-state index contributed by atoms with van der Waals surface area (Å²) in [6.45, 7) is 3.81. The van der Waals surface area contributed by atoms with Gasteiger partial charge in [0, 0.05) is 6.04 Å². The fourth-order valence-electron chi connectivity index (χ4n) is 1.59. The van der Waals surface area contributed by atoms with Crippen LogP contribution in [0.15, 0.2) is 28.7 Å². The number of nitrogens with one attached hydrogen (secondary N) is 1. The average molecular weight is 276 g/mol. The van der Waals surface area contributed by atoms with Gasteiger partial charge in [-0.15, -0.1) is 0 Å². The molecule has 2 aromatic rings. The molecule has 0 fully saturated rings. The van der Waals surface area contributed by atoms with E-state index in [0.29, 0.717) is 11.1 Å². The quantitative estimate of drug-likeness (QED) is 0.667. The fourth-order valence-corrected chi connectivity index (χ4v) is 1.59. The molecule has 2 rings (SSSR count). The largest absolute Gasteiger partial charge is 0.409 e. The molecule has 20 heavy (non-hydrogen) atoms. The third-order valence-corrected chi connectivity index (χ3v) is 2.80. The highest BCUT2D eigenvalue weighted by molar-refractivity contribution is 5.95. The van der Waals surface area contributed by atoms with Crippen LogP contribution in [0, 0.1) is 0 Å². The maximum atomic E-state index is 11.6. The van der Waals surface area contributed by atoms with Crippen LogP contribution in [0.2, 0.25) is 0 Å². The lowest BCUT2D eigenvalue weighted by atomic mass is 10.2. The van der Waals surface area contributed by atoms with Crippen molar-refractivity contribution in [1.82, 2.24) is 10.3 Å². The zero-order valence-electron chi connectivity index (χ0n) is 11.4. The van der Waals surface area contributed by atoms with Crippen molar-refractivity contribution in [2.75, 3.05) is 0 Å². The SMILES string of the molecule is CCC(C)NC(=O)CC(=O)Oc1nc2ccccc2o1. The van der Waals surface area contributed by atoms with E-state index in [9.17, 15) is 9.59 Å². The summed E-state index contributed by atoms with van der Waals surface area (Å²) in [6.07, 6.45) is 0.294. The first-order chi connectivity index (χ1) is 9.58. The second kappa shape index (κ2) is 6.18. The van der Waals surface area contributed by atoms with Crippen molar-refractivity contribution in [2.24, 2.45) is 0 Å². The van der Waals surface area contributed by atoms with E-state index in [0.717, 1.165) is 6.42 Å². The molecule has 0 aliphatic carbocycles. The fraction of sp³-hybridized carbons (Fsp3) is 0.357. The number of oxazole rings is 1. The summed E-state index contributed by atoms with van der Waals surface area (Å²) in [7, 11) is 0. The van der Waals surface area contributed by atoms with Gasteiger partial charge >= 0.3 is 12.0 Å². The Kier molecular flexibility index (Phi) is 4.34. The molecule has 6 nitrogen and oxygen atoms in total. The maximum absolute atomic E-state index is 11.6. The number of nitrogens with zero attached hydrogens (tertiary/aromatic N) is 1. The average Bonchev–Trinajstić information content (AvgIpc) is 2.79. The van der Waals surface area contributed by atoms with Gasteiger partial charge in [0.2, 0.25) is 5.91 Å². The summed E-state index contributed by atoms with van der Waals surface area (Å²) in [5, 5.41) is 2.68. The van der Waals surface area contributed by atoms with Crippen molar-refractivity contribution in [3.63, 3.8) is 0 Å². The molecule has 0 aliphatic heterocycles. The standard InChI is InChI=1S/C14H16N2O4/c1-3-9(2)15-12(17)8-13(18)20-14-16-10-6-4-5-7-11(10)19-14/h4-7,9H,3,8H2,1-2H3,(H,15,17). The normalized spacial score (nSPS) is 12.1. The van der Waals surface area contributed by atoms with E-state index in [-0.39, 0.29) is 24.4 Å². The molecule has 1 heterocycles. The first-order valence-electron chi connectivity index (χ1n) is 6.44. The van der Waals surface area contributed by atoms with Gasteiger partial charge in [0.25, 0.3) is 0 Å². The topological polar surface area (TPSA) is 81.4 Å². The van der Waals surface area contributed by atoms with Crippen molar-refractivity contribution in [3.8, 4) is 6.08 Å². The van der Waals surface area contributed by atoms with Crippen LogP contribution < -0.4 is 10.1 Å². The van der Waals surface area contributed by atoms with Gasteiger partial charge in [0.1, 0.15) is 11.9 Å². The van der Waals surface area contributed by atoms with Gasteiger partial charge in [-0.2, -0.15) is 4.98 Å². The zero-order valence-corrected chi connectivity index (χ0v) is 11.4. The van der Waals surface area contributed by atoms with Gasteiger partial charge in [-0.25, -0.2) is 0 Å². The van der Waals surface area contributed by atoms with E-state index in [4.69, 9.17) is 9.15 Å². The predicted molar refractivity (Wildman–Crippen MR) is 72.2 cm³/mol. The summed E-state index contributed by atoms with van der Waals surface area (Å²) >= 11 is 0. The van der Waals surface area contributed by atoms with Gasteiger partial charge in [-0.05, 0) is 25.5 Å². The Hall–Kier alpha value is -2.37. The lowest BCUT2D eigenvalue weighted by molar-refractivity contribution is -0.139. The first kappa shape index (κ1) is 14.0. The van der Waals surface area contributed by atoms with Gasteiger partial charge in [0.15, 0.2) is 5.58 Å². The molecular formula is C14H16N2O4. The second-order valence-electron chi connectivity index (χ2n) is 4.48. The van der Waals surface area contributed by atoms with Gasteiger partial charge < -0.3 is 14.5 Å². The Morgan fingerprint density at radius 1 is 1.40 bits per heavy atom. The van der Waals surface area contributed by atoms with Crippen LogP contribution in [0.4, 0.5) is 0 Å². The van der Waals surface area contributed by atoms with Crippen LogP contribution in [-0.4, -0.2) is 22.9 Å². The van der Waals surface area contributed by atoms with Crippen LogP contribution in [0.1, 0.15) is 26.7 Å². The van der Waals surface area contributed by atoms with E-state index in [1.165, 1.54) is 0 Å².